The Morgan fingerprint density at radius 2 is 1.90 bits per heavy atom. The average molecular weight is 447 g/mol. The van der Waals surface area contributed by atoms with E-state index >= 15 is 0 Å². The third-order valence-corrected chi connectivity index (χ3v) is 4.77. The lowest BCUT2D eigenvalue weighted by molar-refractivity contribution is -0.175. The number of amides is 2. The Bertz CT molecular complexity index is 968. The maximum absolute atomic E-state index is 13.8. The van der Waals surface area contributed by atoms with Crippen LogP contribution >= 0.6 is 11.6 Å². The Kier molecular flexibility index (Phi) is 5.91. The molecule has 1 aliphatic rings. The molecule has 6 nitrogen and oxygen atoms in total. The number of anilines is 1. The minimum absolute atomic E-state index is 0.0653. The van der Waals surface area contributed by atoms with Crippen molar-refractivity contribution in [1.82, 2.24) is 5.32 Å². The zero-order valence-corrected chi connectivity index (χ0v) is 15.9. The number of nitrogens with one attached hydrogen (secondary N) is 1. The largest absolute Gasteiger partial charge is 0.416 e. The van der Waals surface area contributed by atoms with E-state index in [0.29, 0.717) is 0 Å². The highest BCUT2D eigenvalue weighted by atomic mass is 35.5. The first-order chi connectivity index (χ1) is 14.0. The molecule has 0 radical (unpaired) electrons. The van der Waals surface area contributed by atoms with E-state index in [0.717, 1.165) is 29.2 Å². The van der Waals surface area contributed by atoms with Crippen molar-refractivity contribution < 1.29 is 37.0 Å². The molecule has 0 aliphatic carbocycles. The van der Waals surface area contributed by atoms with Crippen LogP contribution in [0.2, 0.25) is 5.02 Å². The topological polar surface area (TPSA) is 78.9 Å². The molecule has 2 amide bonds. The fourth-order valence-corrected chi connectivity index (χ4v) is 3.09. The van der Waals surface area contributed by atoms with E-state index in [1.807, 2.05) is 0 Å². The summed E-state index contributed by atoms with van der Waals surface area (Å²) in [4.78, 5) is 25.5. The van der Waals surface area contributed by atoms with Crippen molar-refractivity contribution >= 4 is 29.3 Å². The molecule has 11 heteroatoms. The van der Waals surface area contributed by atoms with Gasteiger partial charge in [0.1, 0.15) is 5.82 Å². The first-order valence-corrected chi connectivity index (χ1v) is 9.00. The molecule has 1 atom stereocenters. The molecule has 0 saturated carbocycles. The van der Waals surface area contributed by atoms with Crippen molar-refractivity contribution in [2.45, 2.75) is 24.9 Å². The Labute approximate surface area is 173 Å². The number of benzene rings is 2. The van der Waals surface area contributed by atoms with Gasteiger partial charge in [-0.15, -0.1) is 0 Å². The summed E-state index contributed by atoms with van der Waals surface area (Å²) in [6.07, 6.45) is -6.01. The number of halogens is 5. The highest BCUT2D eigenvalue weighted by molar-refractivity contribution is 6.30. The van der Waals surface area contributed by atoms with Crippen LogP contribution in [-0.2, 0) is 22.3 Å². The van der Waals surface area contributed by atoms with Crippen LogP contribution in [0.5, 0.6) is 0 Å². The van der Waals surface area contributed by atoms with Gasteiger partial charge < -0.3 is 20.1 Å². The van der Waals surface area contributed by atoms with Crippen LogP contribution in [-0.4, -0.2) is 29.4 Å². The van der Waals surface area contributed by atoms with Crippen LogP contribution in [0.15, 0.2) is 42.5 Å². The predicted octanol–water partition coefficient (Wildman–Crippen LogP) is 3.85. The zero-order valence-electron chi connectivity index (χ0n) is 15.2. The maximum Gasteiger partial charge on any atom is 0.416 e. The molecule has 2 N–H and O–H groups in total. The lowest BCUT2D eigenvalue weighted by atomic mass is 10.2. The monoisotopic (exact) mass is 446 g/mol. The molecule has 3 rings (SSSR count). The molecule has 2 aromatic rings. The van der Waals surface area contributed by atoms with Gasteiger partial charge in [0.2, 0.25) is 0 Å². The standard InChI is InChI=1S/C19H15ClF4N2O4/c20-14-3-1-2-11(15(14)21)10-25-17(28)30-18(29)8-9-26(16(18)27)13-6-4-12(5-7-13)19(22,23)24/h1-7,29H,8-10H2,(H,25,28)/t18-/m1/s1. The molecule has 1 heterocycles. The van der Waals surface area contributed by atoms with E-state index < -0.39 is 35.3 Å². The highest BCUT2D eigenvalue weighted by Crippen LogP contribution is 2.33. The lowest BCUT2D eigenvalue weighted by Gasteiger charge is -2.22. The van der Waals surface area contributed by atoms with Crippen molar-refractivity contribution in [2.24, 2.45) is 0 Å². The number of nitrogens with zero attached hydrogens (tertiary/aromatic N) is 1. The second kappa shape index (κ2) is 8.11. The third kappa shape index (κ3) is 4.49. The maximum atomic E-state index is 13.8. The van der Waals surface area contributed by atoms with Gasteiger partial charge in [-0.05, 0) is 30.3 Å². The van der Waals surface area contributed by atoms with Gasteiger partial charge in [0.05, 0.1) is 10.6 Å². The van der Waals surface area contributed by atoms with E-state index in [1.54, 1.807) is 0 Å². The molecule has 1 aliphatic heterocycles. The highest BCUT2D eigenvalue weighted by Gasteiger charge is 2.49. The molecule has 30 heavy (non-hydrogen) atoms. The Morgan fingerprint density at radius 3 is 2.53 bits per heavy atom. The van der Waals surface area contributed by atoms with Crippen LogP contribution in [0.4, 0.5) is 28.0 Å². The summed E-state index contributed by atoms with van der Waals surface area (Å²) in [6, 6.07) is 7.94. The van der Waals surface area contributed by atoms with Gasteiger partial charge in [0.25, 0.3) is 11.7 Å². The van der Waals surface area contributed by atoms with Gasteiger partial charge in [-0.2, -0.15) is 13.2 Å². The molecule has 0 unspecified atom stereocenters. The Balaban J connectivity index is 1.63. The van der Waals surface area contributed by atoms with E-state index in [9.17, 15) is 32.3 Å². The first kappa shape index (κ1) is 21.8. The molecule has 0 spiro atoms. The minimum Gasteiger partial charge on any atom is -0.407 e. The van der Waals surface area contributed by atoms with Crippen molar-refractivity contribution in [1.29, 1.82) is 0 Å². The molecule has 1 saturated heterocycles. The number of rotatable bonds is 4. The molecule has 160 valence electrons. The van der Waals surface area contributed by atoms with E-state index in [1.165, 1.54) is 18.2 Å². The van der Waals surface area contributed by atoms with E-state index in [4.69, 9.17) is 16.3 Å². The number of alkyl halides is 3. The van der Waals surface area contributed by atoms with Crippen molar-refractivity contribution in [3.8, 4) is 0 Å². The number of aliphatic hydroxyl groups is 1. The van der Waals surface area contributed by atoms with Crippen molar-refractivity contribution in [2.75, 3.05) is 11.4 Å². The summed E-state index contributed by atoms with van der Waals surface area (Å²) in [7, 11) is 0. The second-order valence-electron chi connectivity index (χ2n) is 6.49. The van der Waals surface area contributed by atoms with Crippen LogP contribution in [0.3, 0.4) is 0 Å². The number of hydrogen-bond acceptors (Lipinski definition) is 4. The summed E-state index contributed by atoms with van der Waals surface area (Å²) >= 11 is 5.65. The molecule has 0 aromatic heterocycles. The first-order valence-electron chi connectivity index (χ1n) is 8.62. The van der Waals surface area contributed by atoms with Crippen LogP contribution in [0, 0.1) is 5.82 Å². The molecule has 1 fully saturated rings. The number of alkyl carbamates (subject to hydrolysis) is 1. The van der Waals surface area contributed by atoms with E-state index in [-0.39, 0.29) is 35.8 Å². The zero-order chi connectivity index (χ0) is 22.1. The summed E-state index contributed by atoms with van der Waals surface area (Å²) in [5.74, 6) is -4.24. The number of hydrogen-bond donors (Lipinski definition) is 2. The Hall–Kier alpha value is -2.85. The molecular formula is C19H15ClF4N2O4. The number of carbonyl (C=O) groups excluding carboxylic acids is 2. The van der Waals surface area contributed by atoms with Crippen LogP contribution in [0.1, 0.15) is 17.5 Å². The van der Waals surface area contributed by atoms with Crippen molar-refractivity contribution in [3.05, 3.63) is 64.4 Å². The van der Waals surface area contributed by atoms with Crippen molar-refractivity contribution in [3.63, 3.8) is 0 Å². The normalized spacial score (nSPS) is 19.1. The summed E-state index contributed by atoms with van der Waals surface area (Å²) in [5, 5.41) is 12.5. The summed E-state index contributed by atoms with van der Waals surface area (Å²) < 4.78 is 56.6. The molecule has 2 aromatic carbocycles. The van der Waals surface area contributed by atoms with Gasteiger partial charge in [-0.3, -0.25) is 4.79 Å². The third-order valence-electron chi connectivity index (χ3n) is 4.48. The average Bonchev–Trinajstić information content (AvgIpc) is 2.97. The minimum atomic E-state index is -4.53. The predicted molar refractivity (Wildman–Crippen MR) is 98.1 cm³/mol. The SMILES string of the molecule is O=C(NCc1cccc(Cl)c1F)O[C@]1(O)CCN(c2ccc(C(F)(F)F)cc2)C1=O. The van der Waals surface area contributed by atoms with Gasteiger partial charge >= 0.3 is 12.3 Å². The quantitative estimate of drug-likeness (QED) is 0.552. The second-order valence-corrected chi connectivity index (χ2v) is 6.90. The smallest absolute Gasteiger partial charge is 0.407 e. The fraction of sp³-hybridized carbons (Fsp3) is 0.263. The molecular weight excluding hydrogens is 432 g/mol. The summed E-state index contributed by atoms with van der Waals surface area (Å²) in [5.41, 5.74) is -0.721. The Morgan fingerprint density at radius 1 is 1.23 bits per heavy atom. The number of ether oxygens (including phenoxy) is 1. The van der Waals surface area contributed by atoms with Gasteiger partial charge in [-0.25, -0.2) is 9.18 Å². The molecule has 0 bridgehead atoms. The van der Waals surface area contributed by atoms with Gasteiger partial charge in [-0.1, -0.05) is 23.7 Å². The van der Waals surface area contributed by atoms with Crippen LogP contribution < -0.4 is 10.2 Å². The number of carbonyl (C=O) groups is 2. The fourth-order valence-electron chi connectivity index (χ4n) is 2.90. The van der Waals surface area contributed by atoms with Gasteiger partial charge in [0, 0.05) is 30.8 Å². The van der Waals surface area contributed by atoms with E-state index in [2.05, 4.69) is 5.32 Å². The summed E-state index contributed by atoms with van der Waals surface area (Å²) in [6.45, 7) is -0.394. The van der Waals surface area contributed by atoms with Gasteiger partial charge in [0.15, 0.2) is 0 Å². The lowest BCUT2D eigenvalue weighted by Crippen LogP contribution is -2.46. The van der Waals surface area contributed by atoms with Crippen LogP contribution in [0.25, 0.3) is 0 Å².